The predicted octanol–water partition coefficient (Wildman–Crippen LogP) is 4.05. The van der Waals surface area contributed by atoms with Crippen molar-refractivity contribution in [3.63, 3.8) is 0 Å². The molecule has 5 nitrogen and oxygen atoms in total. The van der Waals surface area contributed by atoms with Gasteiger partial charge in [0.2, 0.25) is 5.88 Å². The van der Waals surface area contributed by atoms with Gasteiger partial charge < -0.3 is 15.0 Å². The van der Waals surface area contributed by atoms with Gasteiger partial charge in [-0.15, -0.1) is 0 Å². The van der Waals surface area contributed by atoms with E-state index in [-0.39, 0.29) is 25.0 Å². The quantitative estimate of drug-likeness (QED) is 0.885. The van der Waals surface area contributed by atoms with E-state index in [1.165, 1.54) is 4.90 Å². The van der Waals surface area contributed by atoms with E-state index in [4.69, 9.17) is 16.3 Å². The number of hydrogen-bond acceptors (Lipinski definition) is 3. The maximum Gasteiger partial charge on any atom is 0.416 e. The SMILES string of the molecule is O=C(Nc1ccc(Cl)cc1)N1CC(Oc2cc(C(F)(F)F)ccn2)C1. The van der Waals surface area contributed by atoms with E-state index in [2.05, 4.69) is 10.3 Å². The van der Waals surface area contributed by atoms with Crippen LogP contribution in [-0.2, 0) is 6.18 Å². The Kier molecular flexibility index (Phi) is 4.71. The Morgan fingerprint density at radius 2 is 1.92 bits per heavy atom. The van der Waals surface area contributed by atoms with Gasteiger partial charge in [0.05, 0.1) is 18.7 Å². The molecule has 1 aromatic carbocycles. The lowest BCUT2D eigenvalue weighted by Crippen LogP contribution is -2.57. The lowest BCUT2D eigenvalue weighted by Gasteiger charge is -2.38. The van der Waals surface area contributed by atoms with Crippen LogP contribution >= 0.6 is 11.6 Å². The normalized spacial score (nSPS) is 14.8. The van der Waals surface area contributed by atoms with Crippen LogP contribution in [0.25, 0.3) is 0 Å². The van der Waals surface area contributed by atoms with Crippen LogP contribution in [0, 0.1) is 0 Å². The number of amides is 2. The number of halogens is 4. The van der Waals surface area contributed by atoms with Crippen molar-refractivity contribution in [2.24, 2.45) is 0 Å². The summed E-state index contributed by atoms with van der Waals surface area (Å²) < 4.78 is 43.3. The number of nitrogens with zero attached hydrogens (tertiary/aromatic N) is 2. The van der Waals surface area contributed by atoms with Gasteiger partial charge in [-0.3, -0.25) is 0 Å². The van der Waals surface area contributed by atoms with Crippen molar-refractivity contribution in [1.82, 2.24) is 9.88 Å². The fourth-order valence-electron chi connectivity index (χ4n) is 2.24. The zero-order valence-electron chi connectivity index (χ0n) is 12.8. The van der Waals surface area contributed by atoms with Crippen LogP contribution in [0.3, 0.4) is 0 Å². The van der Waals surface area contributed by atoms with E-state index in [1.54, 1.807) is 24.3 Å². The number of carbonyl (C=O) groups is 1. The number of alkyl halides is 3. The monoisotopic (exact) mass is 371 g/mol. The molecule has 1 aliphatic rings. The molecule has 0 atom stereocenters. The predicted molar refractivity (Wildman–Crippen MR) is 85.7 cm³/mol. The van der Waals surface area contributed by atoms with Gasteiger partial charge in [-0.25, -0.2) is 9.78 Å². The van der Waals surface area contributed by atoms with Gasteiger partial charge in [-0.1, -0.05) is 11.6 Å². The fraction of sp³-hybridized carbons (Fsp3) is 0.250. The van der Waals surface area contributed by atoms with Gasteiger partial charge >= 0.3 is 12.2 Å². The summed E-state index contributed by atoms with van der Waals surface area (Å²) in [5.74, 6) is -0.113. The second-order valence-electron chi connectivity index (χ2n) is 5.46. The maximum absolute atomic E-state index is 12.6. The summed E-state index contributed by atoms with van der Waals surface area (Å²) in [6.45, 7) is 0.523. The van der Waals surface area contributed by atoms with Crippen LogP contribution in [0.5, 0.6) is 5.88 Å². The van der Waals surface area contributed by atoms with E-state index < -0.39 is 17.8 Å². The molecule has 2 amide bonds. The van der Waals surface area contributed by atoms with Crippen LogP contribution in [0.15, 0.2) is 42.6 Å². The average molecular weight is 372 g/mol. The van der Waals surface area contributed by atoms with E-state index in [9.17, 15) is 18.0 Å². The van der Waals surface area contributed by atoms with Gasteiger partial charge in [-0.05, 0) is 30.3 Å². The molecule has 1 aliphatic heterocycles. The van der Waals surface area contributed by atoms with Crippen LogP contribution < -0.4 is 10.1 Å². The molecule has 0 radical (unpaired) electrons. The number of urea groups is 1. The molecule has 0 saturated carbocycles. The first kappa shape index (κ1) is 17.3. The Balaban J connectivity index is 1.51. The summed E-state index contributed by atoms with van der Waals surface area (Å²) in [7, 11) is 0. The van der Waals surface area contributed by atoms with E-state index in [0.29, 0.717) is 10.7 Å². The van der Waals surface area contributed by atoms with Crippen molar-refractivity contribution in [3.8, 4) is 5.88 Å². The molecular formula is C16H13ClF3N3O2. The number of aromatic nitrogens is 1. The summed E-state index contributed by atoms with van der Waals surface area (Å²) in [4.78, 5) is 17.3. The summed E-state index contributed by atoms with van der Waals surface area (Å²) in [5.41, 5.74) is -0.229. The van der Waals surface area contributed by atoms with E-state index in [0.717, 1.165) is 18.3 Å². The standard InChI is InChI=1S/C16H13ClF3N3O2/c17-11-1-3-12(4-2-11)22-15(24)23-8-13(9-23)25-14-7-10(5-6-21-14)16(18,19)20/h1-7,13H,8-9H2,(H,22,24). The second kappa shape index (κ2) is 6.79. The highest BCUT2D eigenvalue weighted by Gasteiger charge is 2.34. The molecule has 2 aromatic rings. The van der Waals surface area contributed by atoms with Crippen molar-refractivity contribution in [3.05, 3.63) is 53.2 Å². The summed E-state index contributed by atoms with van der Waals surface area (Å²) in [6.07, 6.45) is -3.81. The Hall–Kier alpha value is -2.48. The molecule has 1 N–H and O–H groups in total. The molecule has 132 valence electrons. The van der Waals surface area contributed by atoms with Crippen molar-refractivity contribution in [2.45, 2.75) is 12.3 Å². The summed E-state index contributed by atoms with van der Waals surface area (Å²) in [5, 5.41) is 3.25. The molecule has 1 fully saturated rings. The largest absolute Gasteiger partial charge is 0.471 e. The molecule has 0 unspecified atom stereocenters. The van der Waals surface area contributed by atoms with E-state index in [1.807, 2.05) is 0 Å². The van der Waals surface area contributed by atoms with E-state index >= 15 is 0 Å². The number of anilines is 1. The topological polar surface area (TPSA) is 54.5 Å². The first-order valence-electron chi connectivity index (χ1n) is 7.32. The Bertz CT molecular complexity index is 762. The molecule has 0 bridgehead atoms. The van der Waals surface area contributed by atoms with Crippen molar-refractivity contribution < 1.29 is 22.7 Å². The highest BCUT2D eigenvalue weighted by atomic mass is 35.5. The van der Waals surface area contributed by atoms with Crippen LogP contribution in [0.1, 0.15) is 5.56 Å². The summed E-state index contributed by atoms with van der Waals surface area (Å²) in [6, 6.07) is 8.04. The van der Waals surface area contributed by atoms with Gasteiger partial charge in [0.1, 0.15) is 6.10 Å². The highest BCUT2D eigenvalue weighted by molar-refractivity contribution is 6.30. The number of carbonyl (C=O) groups excluding carboxylic acids is 1. The Morgan fingerprint density at radius 3 is 2.56 bits per heavy atom. The third kappa shape index (κ3) is 4.33. The number of likely N-dealkylation sites (tertiary alicyclic amines) is 1. The molecule has 0 aliphatic carbocycles. The van der Waals surface area contributed by atoms with Gasteiger partial charge in [-0.2, -0.15) is 13.2 Å². The molecule has 2 heterocycles. The third-order valence-corrected chi connectivity index (χ3v) is 3.83. The molecule has 9 heteroatoms. The molecule has 3 rings (SSSR count). The minimum Gasteiger partial charge on any atom is -0.471 e. The smallest absolute Gasteiger partial charge is 0.416 e. The van der Waals surface area contributed by atoms with Crippen LogP contribution in [-0.4, -0.2) is 35.1 Å². The van der Waals surface area contributed by atoms with Gasteiger partial charge in [0.25, 0.3) is 0 Å². The lowest BCUT2D eigenvalue weighted by molar-refractivity contribution is -0.137. The van der Waals surface area contributed by atoms with Crippen molar-refractivity contribution in [1.29, 1.82) is 0 Å². The zero-order chi connectivity index (χ0) is 18.0. The number of pyridine rings is 1. The molecule has 1 saturated heterocycles. The van der Waals surface area contributed by atoms with Crippen LogP contribution in [0.4, 0.5) is 23.7 Å². The number of hydrogen-bond donors (Lipinski definition) is 1. The number of rotatable bonds is 3. The molecule has 0 spiro atoms. The first-order valence-corrected chi connectivity index (χ1v) is 7.70. The second-order valence-corrected chi connectivity index (χ2v) is 5.90. The zero-order valence-corrected chi connectivity index (χ0v) is 13.5. The van der Waals surface area contributed by atoms with Crippen LogP contribution in [0.2, 0.25) is 5.02 Å². The molecule has 1 aromatic heterocycles. The van der Waals surface area contributed by atoms with Crippen molar-refractivity contribution >= 4 is 23.3 Å². The molecule has 25 heavy (non-hydrogen) atoms. The number of benzene rings is 1. The molecular weight excluding hydrogens is 359 g/mol. The minimum absolute atomic E-state index is 0.113. The maximum atomic E-state index is 12.6. The average Bonchev–Trinajstić information content (AvgIpc) is 2.52. The lowest BCUT2D eigenvalue weighted by atomic mass is 10.2. The Morgan fingerprint density at radius 1 is 1.24 bits per heavy atom. The number of ether oxygens (including phenoxy) is 1. The highest BCUT2D eigenvalue weighted by Crippen LogP contribution is 2.31. The Labute approximate surface area is 146 Å². The fourth-order valence-corrected chi connectivity index (χ4v) is 2.36. The minimum atomic E-state index is -4.45. The summed E-state index contributed by atoms with van der Waals surface area (Å²) >= 11 is 5.77. The van der Waals surface area contributed by atoms with Gasteiger partial charge in [0.15, 0.2) is 0 Å². The third-order valence-electron chi connectivity index (χ3n) is 3.58. The van der Waals surface area contributed by atoms with Gasteiger partial charge in [0, 0.05) is 23.0 Å². The number of nitrogens with one attached hydrogen (secondary N) is 1. The first-order chi connectivity index (χ1) is 11.8. The van der Waals surface area contributed by atoms with Crippen molar-refractivity contribution in [2.75, 3.05) is 18.4 Å².